The molecule has 0 unspecified atom stereocenters. The van der Waals surface area contributed by atoms with Crippen molar-refractivity contribution in [3.05, 3.63) is 35.4 Å². The average Bonchev–Trinajstić information content (AvgIpc) is 2.39. The maximum atomic E-state index is 11.5. The molecule has 0 atom stereocenters. The summed E-state index contributed by atoms with van der Waals surface area (Å²) in [5.74, 6) is -0.217. The van der Waals surface area contributed by atoms with Gasteiger partial charge in [0.2, 0.25) is 0 Å². The third-order valence-electron chi connectivity index (χ3n) is 3.00. The van der Waals surface area contributed by atoms with Crippen molar-refractivity contribution in [2.24, 2.45) is 0 Å². The molecule has 0 fully saturated rings. The zero-order valence-corrected chi connectivity index (χ0v) is 11.1. The van der Waals surface area contributed by atoms with Crippen LogP contribution >= 0.6 is 0 Å². The molecule has 1 aromatic rings. The molecule has 100 valence electrons. The van der Waals surface area contributed by atoms with Gasteiger partial charge < -0.3 is 10.4 Å². The fraction of sp³-hybridized carbons (Fsp3) is 0.533. The third-order valence-corrected chi connectivity index (χ3v) is 3.00. The average molecular weight is 249 g/mol. The van der Waals surface area contributed by atoms with Crippen LogP contribution in [0.4, 0.5) is 0 Å². The number of hydrogen-bond donors (Lipinski definition) is 2. The number of carbonyl (C=O) groups excluding carboxylic acids is 1. The van der Waals surface area contributed by atoms with Crippen LogP contribution < -0.4 is 5.32 Å². The fourth-order valence-electron chi connectivity index (χ4n) is 1.97. The SMILES string of the molecule is CCCCCCCc1cccc(C(=O)NCO)c1. The number of unbranched alkanes of at least 4 members (excludes halogenated alkanes) is 4. The van der Waals surface area contributed by atoms with Crippen molar-refractivity contribution >= 4 is 5.91 Å². The van der Waals surface area contributed by atoms with Crippen LogP contribution in [-0.2, 0) is 6.42 Å². The highest BCUT2D eigenvalue weighted by atomic mass is 16.3. The molecule has 1 aromatic carbocycles. The van der Waals surface area contributed by atoms with Crippen molar-refractivity contribution in [3.8, 4) is 0 Å². The van der Waals surface area contributed by atoms with E-state index in [1.165, 1.54) is 37.7 Å². The molecule has 0 saturated carbocycles. The summed E-state index contributed by atoms with van der Waals surface area (Å²) in [6.45, 7) is 1.89. The molecule has 0 saturated heterocycles. The van der Waals surface area contributed by atoms with E-state index in [1.807, 2.05) is 12.1 Å². The summed E-state index contributed by atoms with van der Waals surface area (Å²) in [7, 11) is 0. The number of hydrogen-bond acceptors (Lipinski definition) is 2. The molecule has 0 radical (unpaired) electrons. The van der Waals surface area contributed by atoms with Gasteiger partial charge >= 0.3 is 0 Å². The molecule has 0 bridgehead atoms. The minimum atomic E-state index is -0.319. The van der Waals surface area contributed by atoms with Gasteiger partial charge in [0.1, 0.15) is 6.73 Å². The Labute approximate surface area is 109 Å². The Morgan fingerprint density at radius 3 is 2.72 bits per heavy atom. The maximum absolute atomic E-state index is 11.5. The van der Waals surface area contributed by atoms with E-state index in [0.717, 1.165) is 6.42 Å². The molecule has 0 aliphatic rings. The highest BCUT2D eigenvalue weighted by Crippen LogP contribution is 2.11. The molecule has 18 heavy (non-hydrogen) atoms. The number of nitrogens with one attached hydrogen (secondary N) is 1. The second-order valence-corrected chi connectivity index (χ2v) is 4.53. The lowest BCUT2D eigenvalue weighted by molar-refractivity contribution is 0.0910. The molecular weight excluding hydrogens is 226 g/mol. The first kappa shape index (κ1) is 14.7. The summed E-state index contributed by atoms with van der Waals surface area (Å²) < 4.78 is 0. The Hall–Kier alpha value is -1.35. The Morgan fingerprint density at radius 2 is 2.00 bits per heavy atom. The van der Waals surface area contributed by atoms with Gasteiger partial charge in [-0.2, -0.15) is 0 Å². The van der Waals surface area contributed by atoms with Crippen LogP contribution in [0.2, 0.25) is 0 Å². The largest absolute Gasteiger partial charge is 0.376 e. The summed E-state index contributed by atoms with van der Waals surface area (Å²) in [5, 5.41) is 11.0. The zero-order chi connectivity index (χ0) is 13.2. The van der Waals surface area contributed by atoms with Gasteiger partial charge in [0.05, 0.1) is 0 Å². The first-order valence-electron chi connectivity index (χ1n) is 6.76. The number of aliphatic hydroxyl groups excluding tert-OH is 1. The Balaban J connectivity index is 2.42. The second kappa shape index (κ2) is 8.70. The molecule has 1 rings (SSSR count). The van der Waals surface area contributed by atoms with Gasteiger partial charge in [-0.25, -0.2) is 0 Å². The molecule has 0 aromatic heterocycles. The molecule has 3 heteroatoms. The smallest absolute Gasteiger partial charge is 0.253 e. The number of rotatable bonds is 8. The standard InChI is InChI=1S/C15H23NO2/c1-2-3-4-5-6-8-13-9-7-10-14(11-13)15(18)16-12-17/h7,9-11,17H,2-6,8,12H2,1H3,(H,16,18). The van der Waals surface area contributed by atoms with Crippen molar-refractivity contribution in [1.82, 2.24) is 5.32 Å². The van der Waals surface area contributed by atoms with Crippen LogP contribution in [-0.4, -0.2) is 17.7 Å². The molecule has 0 aliphatic heterocycles. The first-order valence-corrected chi connectivity index (χ1v) is 6.76. The lowest BCUT2D eigenvalue weighted by atomic mass is 10.0. The number of aliphatic hydroxyl groups is 1. The summed E-state index contributed by atoms with van der Waals surface area (Å²) in [6, 6.07) is 7.62. The number of benzene rings is 1. The van der Waals surface area contributed by atoms with Crippen molar-refractivity contribution in [2.75, 3.05) is 6.73 Å². The molecular formula is C15H23NO2. The monoisotopic (exact) mass is 249 g/mol. The normalized spacial score (nSPS) is 10.3. The first-order chi connectivity index (χ1) is 8.77. The highest BCUT2D eigenvalue weighted by Gasteiger charge is 2.04. The molecule has 0 aliphatic carbocycles. The van der Waals surface area contributed by atoms with Gasteiger partial charge in [0.15, 0.2) is 0 Å². The van der Waals surface area contributed by atoms with E-state index in [9.17, 15) is 4.79 Å². The number of amides is 1. The van der Waals surface area contributed by atoms with E-state index >= 15 is 0 Å². The van der Waals surface area contributed by atoms with Crippen LogP contribution in [0.25, 0.3) is 0 Å². The van der Waals surface area contributed by atoms with Crippen LogP contribution in [0.3, 0.4) is 0 Å². The summed E-state index contributed by atoms with van der Waals surface area (Å²) >= 11 is 0. The predicted octanol–water partition coefficient (Wildman–Crippen LogP) is 2.88. The van der Waals surface area contributed by atoms with Gasteiger partial charge in [-0.3, -0.25) is 4.79 Å². The highest BCUT2D eigenvalue weighted by molar-refractivity contribution is 5.94. The Morgan fingerprint density at radius 1 is 1.22 bits per heavy atom. The van der Waals surface area contributed by atoms with E-state index in [2.05, 4.69) is 18.3 Å². The summed E-state index contributed by atoms with van der Waals surface area (Å²) in [6.07, 6.45) is 7.30. The van der Waals surface area contributed by atoms with E-state index in [1.54, 1.807) is 6.07 Å². The van der Waals surface area contributed by atoms with Crippen molar-refractivity contribution in [1.29, 1.82) is 0 Å². The lowest BCUT2D eigenvalue weighted by Crippen LogP contribution is -2.24. The topological polar surface area (TPSA) is 49.3 Å². The van der Waals surface area contributed by atoms with Crippen LogP contribution in [0, 0.1) is 0 Å². The molecule has 1 amide bonds. The quantitative estimate of drug-likeness (QED) is 0.550. The minimum absolute atomic E-state index is 0.217. The van der Waals surface area contributed by atoms with Gasteiger partial charge in [0.25, 0.3) is 5.91 Å². The Kier molecular flexibility index (Phi) is 7.11. The molecule has 2 N–H and O–H groups in total. The third kappa shape index (κ3) is 5.32. The molecule has 0 spiro atoms. The molecule has 3 nitrogen and oxygen atoms in total. The van der Waals surface area contributed by atoms with E-state index in [4.69, 9.17) is 5.11 Å². The zero-order valence-electron chi connectivity index (χ0n) is 11.1. The second-order valence-electron chi connectivity index (χ2n) is 4.53. The van der Waals surface area contributed by atoms with Gasteiger partial charge in [-0.15, -0.1) is 0 Å². The van der Waals surface area contributed by atoms with Gasteiger partial charge in [0, 0.05) is 5.56 Å². The number of carbonyl (C=O) groups is 1. The van der Waals surface area contributed by atoms with Crippen LogP contribution in [0.1, 0.15) is 54.9 Å². The summed E-state index contributed by atoms with van der Waals surface area (Å²) in [5.41, 5.74) is 1.81. The van der Waals surface area contributed by atoms with Gasteiger partial charge in [-0.05, 0) is 30.5 Å². The van der Waals surface area contributed by atoms with E-state index in [-0.39, 0.29) is 12.6 Å². The van der Waals surface area contributed by atoms with E-state index in [0.29, 0.717) is 5.56 Å². The molecule has 0 heterocycles. The van der Waals surface area contributed by atoms with Gasteiger partial charge in [-0.1, -0.05) is 44.7 Å². The fourth-order valence-corrected chi connectivity index (χ4v) is 1.97. The predicted molar refractivity (Wildman–Crippen MR) is 73.5 cm³/mol. The van der Waals surface area contributed by atoms with Crippen molar-refractivity contribution in [2.45, 2.75) is 45.4 Å². The maximum Gasteiger partial charge on any atom is 0.253 e. The van der Waals surface area contributed by atoms with Crippen molar-refractivity contribution < 1.29 is 9.90 Å². The number of aryl methyl sites for hydroxylation is 1. The van der Waals surface area contributed by atoms with Crippen molar-refractivity contribution in [3.63, 3.8) is 0 Å². The Bertz CT molecular complexity index is 363. The minimum Gasteiger partial charge on any atom is -0.376 e. The lowest BCUT2D eigenvalue weighted by Gasteiger charge is -2.05. The van der Waals surface area contributed by atoms with Crippen LogP contribution in [0.15, 0.2) is 24.3 Å². The van der Waals surface area contributed by atoms with Crippen LogP contribution in [0.5, 0.6) is 0 Å². The summed E-state index contributed by atoms with van der Waals surface area (Å²) in [4.78, 5) is 11.5. The van der Waals surface area contributed by atoms with E-state index < -0.39 is 0 Å².